The Bertz CT molecular complexity index is 286. The number of nitrogens with one attached hydrogen (secondary N) is 2. The molecule has 0 aromatic carbocycles. The third-order valence-electron chi connectivity index (χ3n) is 4.99. The lowest BCUT2D eigenvalue weighted by atomic mass is 9.71. The molecule has 0 bridgehead atoms. The molecule has 5 heteroatoms. The zero-order valence-corrected chi connectivity index (χ0v) is 13.9. The van der Waals surface area contributed by atoms with Crippen LogP contribution in [-0.4, -0.2) is 59.4 Å². The van der Waals surface area contributed by atoms with Gasteiger partial charge in [0.25, 0.3) is 0 Å². The van der Waals surface area contributed by atoms with Crippen LogP contribution in [0.4, 0.5) is 0 Å². The number of thioether (sulfide) groups is 2. The van der Waals surface area contributed by atoms with Crippen LogP contribution in [0.25, 0.3) is 0 Å². The quantitative estimate of drug-likeness (QED) is 0.735. The molecule has 3 rings (SSSR count). The first-order valence-corrected chi connectivity index (χ1v) is 10.4. The third kappa shape index (κ3) is 4.07. The lowest BCUT2D eigenvalue weighted by molar-refractivity contribution is 0.00736. The molecule has 1 atom stereocenters. The summed E-state index contributed by atoms with van der Waals surface area (Å²) in [4.78, 5) is 0. The van der Waals surface area contributed by atoms with Gasteiger partial charge in [0.2, 0.25) is 0 Å². The third-order valence-corrected chi connectivity index (χ3v) is 7.51. The Balaban J connectivity index is 1.58. The van der Waals surface area contributed by atoms with Crippen molar-refractivity contribution in [1.29, 1.82) is 0 Å². The highest BCUT2D eigenvalue weighted by Gasteiger charge is 2.39. The number of hydrogen-bond donors (Lipinski definition) is 3. The van der Waals surface area contributed by atoms with Gasteiger partial charge >= 0.3 is 0 Å². The minimum Gasteiger partial charge on any atom is -0.393 e. The molecule has 2 heterocycles. The molecule has 3 nitrogen and oxygen atoms in total. The lowest BCUT2D eigenvalue weighted by Gasteiger charge is -2.44. The highest BCUT2D eigenvalue weighted by atomic mass is 32.2. The van der Waals surface area contributed by atoms with E-state index in [0.717, 1.165) is 18.8 Å². The van der Waals surface area contributed by atoms with Crippen LogP contribution in [0.3, 0.4) is 0 Å². The van der Waals surface area contributed by atoms with Gasteiger partial charge in [0, 0.05) is 35.1 Å². The van der Waals surface area contributed by atoms with Gasteiger partial charge in [-0.1, -0.05) is 0 Å². The van der Waals surface area contributed by atoms with Crippen LogP contribution in [-0.2, 0) is 0 Å². The van der Waals surface area contributed by atoms with Gasteiger partial charge in [0.15, 0.2) is 0 Å². The van der Waals surface area contributed by atoms with Gasteiger partial charge in [-0.2, -0.15) is 23.5 Å². The van der Waals surface area contributed by atoms with Crippen molar-refractivity contribution in [3.63, 3.8) is 0 Å². The van der Waals surface area contributed by atoms with Gasteiger partial charge in [-0.25, -0.2) is 0 Å². The second-order valence-electron chi connectivity index (χ2n) is 6.51. The van der Waals surface area contributed by atoms with Crippen LogP contribution in [0.2, 0.25) is 0 Å². The summed E-state index contributed by atoms with van der Waals surface area (Å²) < 4.78 is 0. The molecule has 0 spiro atoms. The van der Waals surface area contributed by atoms with Gasteiger partial charge in [-0.15, -0.1) is 0 Å². The molecule has 1 aliphatic carbocycles. The van der Waals surface area contributed by atoms with E-state index in [1.54, 1.807) is 0 Å². The normalized spacial score (nSPS) is 35.2. The van der Waals surface area contributed by atoms with E-state index in [0.29, 0.717) is 18.0 Å². The molecule has 0 amide bonds. The molecule has 3 N–H and O–H groups in total. The van der Waals surface area contributed by atoms with E-state index < -0.39 is 0 Å². The molecule has 1 saturated carbocycles. The van der Waals surface area contributed by atoms with Crippen molar-refractivity contribution >= 4 is 23.5 Å². The smallest absolute Gasteiger partial charge is 0.0546 e. The Hall–Kier alpha value is 0.580. The van der Waals surface area contributed by atoms with Gasteiger partial charge in [-0.3, -0.25) is 0 Å². The van der Waals surface area contributed by atoms with Crippen molar-refractivity contribution in [1.82, 2.24) is 10.6 Å². The summed E-state index contributed by atoms with van der Waals surface area (Å²) in [5.74, 6) is 6.68. The minimum atomic E-state index is -0.0242. The summed E-state index contributed by atoms with van der Waals surface area (Å²) in [6.07, 6.45) is 4.63. The SMILES string of the molecule is OC1CC(C(NC2CSCCSC2)C2CCNCC2)C1. The average Bonchev–Trinajstić information content (AvgIpc) is 2.71. The Labute approximate surface area is 131 Å². The number of rotatable bonds is 4. The van der Waals surface area contributed by atoms with Crippen molar-refractivity contribution in [2.75, 3.05) is 36.1 Å². The summed E-state index contributed by atoms with van der Waals surface area (Å²) >= 11 is 4.21. The molecule has 1 unspecified atom stereocenters. The fourth-order valence-corrected chi connectivity index (χ4v) is 6.19. The zero-order valence-electron chi connectivity index (χ0n) is 12.2. The largest absolute Gasteiger partial charge is 0.393 e. The number of piperidine rings is 1. The second kappa shape index (κ2) is 7.73. The van der Waals surface area contributed by atoms with E-state index in [9.17, 15) is 5.11 Å². The molecule has 0 aromatic rings. The average molecular weight is 317 g/mol. The van der Waals surface area contributed by atoms with Crippen molar-refractivity contribution in [2.45, 2.75) is 43.9 Å². The molecule has 20 heavy (non-hydrogen) atoms. The van der Waals surface area contributed by atoms with Crippen molar-refractivity contribution < 1.29 is 5.11 Å². The fraction of sp³-hybridized carbons (Fsp3) is 1.00. The van der Waals surface area contributed by atoms with Crippen LogP contribution in [0.1, 0.15) is 25.7 Å². The van der Waals surface area contributed by atoms with Gasteiger partial charge in [0.05, 0.1) is 6.10 Å². The van der Waals surface area contributed by atoms with Gasteiger partial charge in [0.1, 0.15) is 0 Å². The summed E-state index contributed by atoms with van der Waals surface area (Å²) in [6, 6.07) is 1.31. The first-order valence-electron chi connectivity index (χ1n) is 8.13. The topological polar surface area (TPSA) is 44.3 Å². The van der Waals surface area contributed by atoms with Crippen LogP contribution in [0.15, 0.2) is 0 Å². The minimum absolute atomic E-state index is 0.0242. The van der Waals surface area contributed by atoms with E-state index >= 15 is 0 Å². The molecule has 116 valence electrons. The summed E-state index contributed by atoms with van der Waals surface area (Å²) in [5, 5.41) is 17.2. The van der Waals surface area contributed by atoms with E-state index in [-0.39, 0.29) is 6.10 Å². The lowest BCUT2D eigenvalue weighted by Crippen LogP contribution is -2.55. The second-order valence-corrected chi connectivity index (χ2v) is 8.81. The Morgan fingerprint density at radius 2 is 1.65 bits per heavy atom. The van der Waals surface area contributed by atoms with Crippen LogP contribution < -0.4 is 10.6 Å². The summed E-state index contributed by atoms with van der Waals surface area (Å²) in [5.41, 5.74) is 0. The van der Waals surface area contributed by atoms with Gasteiger partial charge < -0.3 is 15.7 Å². The maximum absolute atomic E-state index is 9.67. The first-order chi connectivity index (χ1) is 9.83. The van der Waals surface area contributed by atoms with E-state index in [4.69, 9.17) is 0 Å². The Morgan fingerprint density at radius 3 is 2.25 bits per heavy atom. The molecular weight excluding hydrogens is 288 g/mol. The maximum atomic E-state index is 9.67. The number of aliphatic hydroxyl groups excluding tert-OH is 1. The zero-order chi connectivity index (χ0) is 13.8. The Kier molecular flexibility index (Phi) is 5.98. The highest BCUT2D eigenvalue weighted by Crippen LogP contribution is 2.36. The standard InChI is InChI=1S/C15H28N2OS2/c18-14-7-12(8-14)15(11-1-3-16-4-2-11)17-13-9-19-5-6-20-10-13/h11-18H,1-10H2. The predicted octanol–water partition coefficient (Wildman–Crippen LogP) is 1.56. The molecule has 0 radical (unpaired) electrons. The first kappa shape index (κ1) is 15.5. The van der Waals surface area contributed by atoms with E-state index in [1.165, 1.54) is 48.9 Å². The van der Waals surface area contributed by atoms with E-state index in [1.807, 2.05) is 0 Å². The molecule has 0 aromatic heterocycles. The summed E-state index contributed by atoms with van der Waals surface area (Å²) in [7, 11) is 0. The maximum Gasteiger partial charge on any atom is 0.0546 e. The fourth-order valence-electron chi connectivity index (χ4n) is 3.77. The Morgan fingerprint density at radius 1 is 1.00 bits per heavy atom. The highest BCUT2D eigenvalue weighted by molar-refractivity contribution is 8.03. The molecule has 2 saturated heterocycles. The molecule has 2 aliphatic heterocycles. The molecular formula is C15H28N2OS2. The predicted molar refractivity (Wildman–Crippen MR) is 89.7 cm³/mol. The van der Waals surface area contributed by atoms with Crippen molar-refractivity contribution in [3.05, 3.63) is 0 Å². The van der Waals surface area contributed by atoms with Crippen molar-refractivity contribution in [2.24, 2.45) is 11.8 Å². The molecule has 3 fully saturated rings. The van der Waals surface area contributed by atoms with Crippen LogP contribution in [0.5, 0.6) is 0 Å². The monoisotopic (exact) mass is 316 g/mol. The van der Waals surface area contributed by atoms with Crippen LogP contribution >= 0.6 is 23.5 Å². The number of hydrogen-bond acceptors (Lipinski definition) is 5. The van der Waals surface area contributed by atoms with Crippen LogP contribution in [0, 0.1) is 11.8 Å². The van der Waals surface area contributed by atoms with E-state index in [2.05, 4.69) is 34.2 Å². The summed E-state index contributed by atoms with van der Waals surface area (Å²) in [6.45, 7) is 2.35. The molecule has 3 aliphatic rings. The van der Waals surface area contributed by atoms with Crippen molar-refractivity contribution in [3.8, 4) is 0 Å². The number of aliphatic hydroxyl groups is 1. The van der Waals surface area contributed by atoms with Gasteiger partial charge in [-0.05, 0) is 50.6 Å².